The fourth-order valence-electron chi connectivity index (χ4n) is 1.02. The van der Waals surface area contributed by atoms with E-state index < -0.39 is 0 Å². The molecule has 13 heavy (non-hydrogen) atoms. The van der Waals surface area contributed by atoms with Gasteiger partial charge in [-0.3, -0.25) is 0 Å². The largest absolute Gasteiger partial charge is 0.496 e. The van der Waals surface area contributed by atoms with Crippen LogP contribution in [0.15, 0.2) is 24.3 Å². The van der Waals surface area contributed by atoms with E-state index in [1.165, 1.54) is 12.1 Å². The number of hydrogen-bond acceptors (Lipinski definition) is 2. The zero-order chi connectivity index (χ0) is 9.68. The summed E-state index contributed by atoms with van der Waals surface area (Å²) >= 11 is 4.02. The average molecular weight is 198 g/mol. The number of hydrogen-bond donors (Lipinski definition) is 1. The summed E-state index contributed by atoms with van der Waals surface area (Å²) < 4.78 is 17.9. The molecule has 0 spiro atoms. The van der Waals surface area contributed by atoms with Crippen molar-refractivity contribution in [1.29, 1.82) is 0 Å². The summed E-state index contributed by atoms with van der Waals surface area (Å²) in [6.45, 7) is 0. The van der Waals surface area contributed by atoms with Crippen LogP contribution in [0.4, 0.5) is 4.39 Å². The van der Waals surface area contributed by atoms with Crippen LogP contribution < -0.4 is 4.74 Å². The maximum Gasteiger partial charge on any atom is 0.126 e. The van der Waals surface area contributed by atoms with Crippen molar-refractivity contribution in [3.63, 3.8) is 0 Å². The van der Waals surface area contributed by atoms with Crippen LogP contribution in [-0.2, 0) is 0 Å². The van der Waals surface area contributed by atoms with Crippen LogP contribution in [0.1, 0.15) is 5.56 Å². The van der Waals surface area contributed by atoms with Crippen LogP contribution >= 0.6 is 12.6 Å². The van der Waals surface area contributed by atoms with Crippen molar-refractivity contribution in [2.45, 2.75) is 0 Å². The fourth-order valence-corrected chi connectivity index (χ4v) is 1.12. The normalized spacial score (nSPS) is 10.7. The molecule has 0 amide bonds. The van der Waals surface area contributed by atoms with Crippen molar-refractivity contribution in [3.8, 4) is 5.75 Å². The van der Waals surface area contributed by atoms with Gasteiger partial charge in [0.1, 0.15) is 11.6 Å². The van der Waals surface area contributed by atoms with Crippen LogP contribution in [0.2, 0.25) is 0 Å². The van der Waals surface area contributed by atoms with Gasteiger partial charge in [0.25, 0.3) is 0 Å². The third-order valence-corrected chi connectivity index (χ3v) is 1.81. The summed E-state index contributed by atoms with van der Waals surface area (Å²) in [5.74, 6) is 1.03. The molecule has 0 atom stereocenters. The SMILES string of the molecule is COc1ccc(F)cc1C=CCS. The topological polar surface area (TPSA) is 9.23 Å². The van der Waals surface area contributed by atoms with Gasteiger partial charge in [-0.1, -0.05) is 12.2 Å². The molecule has 0 aliphatic rings. The van der Waals surface area contributed by atoms with E-state index in [0.717, 1.165) is 5.56 Å². The van der Waals surface area contributed by atoms with Crippen molar-refractivity contribution in [2.75, 3.05) is 12.9 Å². The van der Waals surface area contributed by atoms with E-state index in [1.54, 1.807) is 19.3 Å². The van der Waals surface area contributed by atoms with Gasteiger partial charge in [0.2, 0.25) is 0 Å². The predicted molar refractivity (Wildman–Crippen MR) is 55.8 cm³/mol. The van der Waals surface area contributed by atoms with Gasteiger partial charge in [0.15, 0.2) is 0 Å². The highest BCUT2D eigenvalue weighted by Gasteiger charge is 1.99. The Morgan fingerprint density at radius 2 is 2.31 bits per heavy atom. The number of methoxy groups -OCH3 is 1. The van der Waals surface area contributed by atoms with Crippen molar-refractivity contribution in [3.05, 3.63) is 35.7 Å². The summed E-state index contributed by atoms with van der Waals surface area (Å²) in [5, 5.41) is 0. The number of thiol groups is 1. The Balaban J connectivity index is 3.01. The van der Waals surface area contributed by atoms with Gasteiger partial charge in [-0.05, 0) is 18.2 Å². The lowest BCUT2D eigenvalue weighted by molar-refractivity contribution is 0.412. The van der Waals surface area contributed by atoms with Crippen molar-refractivity contribution in [1.82, 2.24) is 0 Å². The summed E-state index contributed by atoms with van der Waals surface area (Å²) in [6, 6.07) is 4.41. The molecule has 0 unspecified atom stereocenters. The molecule has 0 aliphatic carbocycles. The molecule has 0 N–H and O–H groups in total. The van der Waals surface area contributed by atoms with Crippen molar-refractivity contribution in [2.24, 2.45) is 0 Å². The highest BCUT2D eigenvalue weighted by Crippen LogP contribution is 2.20. The summed E-state index contributed by atoms with van der Waals surface area (Å²) in [7, 11) is 1.56. The predicted octanol–water partition coefficient (Wildman–Crippen LogP) is 2.78. The second kappa shape index (κ2) is 4.92. The number of rotatable bonds is 3. The highest BCUT2D eigenvalue weighted by atomic mass is 32.1. The van der Waals surface area contributed by atoms with Gasteiger partial charge >= 0.3 is 0 Å². The Kier molecular flexibility index (Phi) is 3.83. The first-order valence-corrected chi connectivity index (χ1v) is 4.52. The minimum Gasteiger partial charge on any atom is -0.496 e. The lowest BCUT2D eigenvalue weighted by atomic mass is 10.2. The third-order valence-electron chi connectivity index (χ3n) is 1.59. The lowest BCUT2D eigenvalue weighted by Gasteiger charge is -2.03. The summed E-state index contributed by atoms with van der Waals surface area (Å²) in [5.41, 5.74) is 0.733. The second-order valence-corrected chi connectivity index (χ2v) is 2.84. The molecular formula is C10H11FOS. The Morgan fingerprint density at radius 1 is 1.54 bits per heavy atom. The van der Waals surface area contributed by atoms with Crippen molar-refractivity contribution >= 4 is 18.7 Å². The summed E-state index contributed by atoms with van der Waals surface area (Å²) in [6.07, 6.45) is 3.62. The maximum absolute atomic E-state index is 12.8. The second-order valence-electron chi connectivity index (χ2n) is 2.47. The molecule has 0 fully saturated rings. The molecule has 0 radical (unpaired) electrons. The van der Waals surface area contributed by atoms with Gasteiger partial charge < -0.3 is 4.74 Å². The molecule has 1 nitrogen and oxygen atoms in total. The van der Waals surface area contributed by atoms with E-state index in [9.17, 15) is 4.39 Å². The maximum atomic E-state index is 12.8. The Morgan fingerprint density at radius 3 is 2.92 bits per heavy atom. The molecule has 0 saturated heterocycles. The number of halogens is 1. The Bertz CT molecular complexity index is 310. The molecule has 0 saturated carbocycles. The van der Waals surface area contributed by atoms with Crippen molar-refractivity contribution < 1.29 is 9.13 Å². The zero-order valence-electron chi connectivity index (χ0n) is 7.33. The van der Waals surface area contributed by atoms with Gasteiger partial charge in [-0.25, -0.2) is 4.39 Å². The molecule has 1 rings (SSSR count). The smallest absolute Gasteiger partial charge is 0.126 e. The molecule has 1 aromatic rings. The molecule has 1 aromatic carbocycles. The van der Waals surface area contributed by atoms with Gasteiger partial charge in [-0.2, -0.15) is 12.6 Å². The van der Waals surface area contributed by atoms with E-state index in [1.807, 2.05) is 6.08 Å². The molecule has 0 aliphatic heterocycles. The minimum atomic E-state index is -0.264. The Hall–Kier alpha value is -0.960. The monoisotopic (exact) mass is 198 g/mol. The van der Waals surface area contributed by atoms with Gasteiger partial charge in [0.05, 0.1) is 7.11 Å². The van der Waals surface area contributed by atoms with E-state index in [2.05, 4.69) is 12.6 Å². The quantitative estimate of drug-likeness (QED) is 0.735. The van der Waals surface area contributed by atoms with E-state index >= 15 is 0 Å². The first kappa shape index (κ1) is 10.1. The first-order valence-electron chi connectivity index (χ1n) is 3.89. The van der Waals surface area contributed by atoms with Crippen LogP contribution in [0, 0.1) is 5.82 Å². The molecule has 0 aromatic heterocycles. The Labute approximate surface area is 82.6 Å². The lowest BCUT2D eigenvalue weighted by Crippen LogP contribution is -1.87. The zero-order valence-corrected chi connectivity index (χ0v) is 8.22. The molecular weight excluding hydrogens is 187 g/mol. The average Bonchev–Trinajstić information content (AvgIpc) is 2.15. The standard InChI is InChI=1S/C10H11FOS/c1-12-10-5-4-9(11)7-8(10)3-2-6-13/h2-5,7,13H,6H2,1H3. The van der Waals surface area contributed by atoms with Crippen LogP contribution in [0.5, 0.6) is 5.75 Å². The van der Waals surface area contributed by atoms with Crippen LogP contribution in [0.25, 0.3) is 6.08 Å². The van der Waals surface area contributed by atoms with Gasteiger partial charge in [-0.15, -0.1) is 0 Å². The molecule has 70 valence electrons. The van der Waals surface area contributed by atoms with E-state index in [-0.39, 0.29) is 5.82 Å². The van der Waals surface area contributed by atoms with Crippen LogP contribution in [0.3, 0.4) is 0 Å². The summed E-state index contributed by atoms with van der Waals surface area (Å²) in [4.78, 5) is 0. The first-order chi connectivity index (χ1) is 6.27. The fraction of sp³-hybridized carbons (Fsp3) is 0.200. The molecule has 3 heteroatoms. The minimum absolute atomic E-state index is 0.264. The van der Waals surface area contributed by atoms with E-state index in [0.29, 0.717) is 11.5 Å². The van der Waals surface area contributed by atoms with E-state index in [4.69, 9.17) is 4.74 Å². The molecule has 0 heterocycles. The van der Waals surface area contributed by atoms with Gasteiger partial charge in [0, 0.05) is 11.3 Å². The number of benzene rings is 1. The molecule has 0 bridgehead atoms. The number of ether oxygens (including phenoxy) is 1. The highest BCUT2D eigenvalue weighted by molar-refractivity contribution is 7.80. The third kappa shape index (κ3) is 2.77. The van der Waals surface area contributed by atoms with Crippen LogP contribution in [-0.4, -0.2) is 12.9 Å².